The normalized spacial score (nSPS) is 12.1. The summed E-state index contributed by atoms with van der Waals surface area (Å²) in [5, 5.41) is 7.83. The number of rotatable bonds is 3. The fraction of sp³-hybridized carbons (Fsp3) is 0.222. The average Bonchev–Trinajstić information content (AvgIpc) is 2.92. The molecule has 1 aliphatic heterocycles. The summed E-state index contributed by atoms with van der Waals surface area (Å²) in [5.41, 5.74) is 3.80. The molecule has 2 aromatic carbocycles. The summed E-state index contributed by atoms with van der Waals surface area (Å²) in [4.78, 5) is 14.8. The summed E-state index contributed by atoms with van der Waals surface area (Å²) in [5.74, 6) is 0.701. The minimum atomic E-state index is -0.132. The molecule has 0 bridgehead atoms. The van der Waals surface area contributed by atoms with Gasteiger partial charge in [0.15, 0.2) is 5.82 Å². The predicted molar refractivity (Wildman–Crippen MR) is 102 cm³/mol. The molecule has 6 nitrogen and oxygen atoms in total. The third-order valence-corrected chi connectivity index (χ3v) is 4.14. The summed E-state index contributed by atoms with van der Waals surface area (Å²) >= 11 is 0. The summed E-state index contributed by atoms with van der Waals surface area (Å²) < 4.78 is 3.13. The van der Waals surface area contributed by atoms with Crippen molar-refractivity contribution in [1.82, 2.24) is 19.2 Å². The zero-order valence-electron chi connectivity index (χ0n) is 14.1. The van der Waals surface area contributed by atoms with Gasteiger partial charge in [-0.25, -0.2) is 4.79 Å². The summed E-state index contributed by atoms with van der Waals surface area (Å²) in [6, 6.07) is 15.9. The van der Waals surface area contributed by atoms with Crippen molar-refractivity contribution in [2.75, 3.05) is 19.4 Å². The van der Waals surface area contributed by atoms with Gasteiger partial charge in [0.2, 0.25) is 0 Å². The van der Waals surface area contributed by atoms with Crippen LogP contribution in [0.1, 0.15) is 5.56 Å². The second kappa shape index (κ2) is 6.74. The Balaban J connectivity index is 0.00000182. The second-order valence-corrected chi connectivity index (χ2v) is 6.23. The number of halogens is 1. The van der Waals surface area contributed by atoms with Crippen LogP contribution in [0.25, 0.3) is 17.1 Å². The zero-order valence-corrected chi connectivity index (χ0v) is 15.0. The van der Waals surface area contributed by atoms with Gasteiger partial charge in [0.25, 0.3) is 0 Å². The molecule has 0 spiro atoms. The molecule has 130 valence electrons. The predicted octanol–water partition coefficient (Wildman–Crippen LogP) is 2.57. The Bertz CT molecular complexity index is 943. The lowest BCUT2D eigenvalue weighted by Gasteiger charge is -2.17. The molecule has 25 heavy (non-hydrogen) atoms. The largest absolute Gasteiger partial charge is 0.367 e. The minimum Gasteiger partial charge on any atom is -0.367 e. The van der Waals surface area contributed by atoms with Crippen LogP contribution in [0.15, 0.2) is 53.3 Å². The van der Waals surface area contributed by atoms with Gasteiger partial charge in [0, 0.05) is 17.8 Å². The summed E-state index contributed by atoms with van der Waals surface area (Å²) in [6.07, 6.45) is 0. The standard InChI is InChI=1S/C18H19N5O.ClH/c1-21(2)11-13-7-9-14(10-8-13)23-18(24)22-12-19-16-6-4-3-5-15(16)17(22)20-23;/h3-10,19H,11-12H2,1-2H3;1H. The van der Waals surface area contributed by atoms with Gasteiger partial charge in [0.1, 0.15) is 0 Å². The summed E-state index contributed by atoms with van der Waals surface area (Å²) in [7, 11) is 4.07. The first-order chi connectivity index (χ1) is 11.6. The van der Waals surface area contributed by atoms with E-state index in [1.54, 1.807) is 4.57 Å². The number of nitrogens with zero attached hydrogens (tertiary/aromatic N) is 4. The van der Waals surface area contributed by atoms with Crippen LogP contribution < -0.4 is 11.0 Å². The minimum absolute atomic E-state index is 0. The monoisotopic (exact) mass is 357 g/mol. The number of hydrogen-bond donors (Lipinski definition) is 1. The molecule has 1 aromatic heterocycles. The third kappa shape index (κ3) is 3.06. The molecular formula is C18H20ClN5O. The lowest BCUT2D eigenvalue weighted by atomic mass is 10.1. The molecule has 7 heteroatoms. The first-order valence-electron chi connectivity index (χ1n) is 7.90. The fourth-order valence-electron chi connectivity index (χ4n) is 3.01. The Labute approximate surface area is 152 Å². The van der Waals surface area contributed by atoms with Crippen LogP contribution >= 0.6 is 12.4 Å². The molecule has 1 aliphatic rings. The lowest BCUT2D eigenvalue weighted by molar-refractivity contribution is 0.402. The molecule has 0 unspecified atom stereocenters. The number of fused-ring (bicyclic) bond motifs is 3. The van der Waals surface area contributed by atoms with Crippen molar-refractivity contribution >= 4 is 18.1 Å². The Morgan fingerprint density at radius 3 is 2.56 bits per heavy atom. The molecular weight excluding hydrogens is 338 g/mol. The third-order valence-electron chi connectivity index (χ3n) is 4.14. The van der Waals surface area contributed by atoms with E-state index in [4.69, 9.17) is 0 Å². The van der Waals surface area contributed by atoms with Gasteiger partial charge in [-0.1, -0.05) is 24.3 Å². The number of aromatic nitrogens is 3. The Morgan fingerprint density at radius 2 is 1.84 bits per heavy atom. The second-order valence-electron chi connectivity index (χ2n) is 6.23. The van der Waals surface area contributed by atoms with Crippen molar-refractivity contribution in [1.29, 1.82) is 0 Å². The number of hydrogen-bond acceptors (Lipinski definition) is 4. The Morgan fingerprint density at radius 1 is 1.12 bits per heavy atom. The quantitative estimate of drug-likeness (QED) is 0.782. The fourth-order valence-corrected chi connectivity index (χ4v) is 3.01. The van der Waals surface area contributed by atoms with Crippen LogP contribution in [0.2, 0.25) is 0 Å². The molecule has 0 atom stereocenters. The van der Waals surface area contributed by atoms with Gasteiger partial charge in [0.05, 0.1) is 12.4 Å². The maximum absolute atomic E-state index is 12.7. The van der Waals surface area contributed by atoms with E-state index in [1.165, 1.54) is 10.2 Å². The van der Waals surface area contributed by atoms with E-state index in [0.717, 1.165) is 23.5 Å². The molecule has 4 rings (SSSR count). The highest BCUT2D eigenvalue weighted by Crippen LogP contribution is 2.29. The van der Waals surface area contributed by atoms with Crippen LogP contribution in [0.5, 0.6) is 0 Å². The van der Waals surface area contributed by atoms with Crippen LogP contribution in [-0.4, -0.2) is 33.3 Å². The first-order valence-corrected chi connectivity index (χ1v) is 7.90. The number of nitrogens with one attached hydrogen (secondary N) is 1. The molecule has 0 radical (unpaired) electrons. The van der Waals surface area contributed by atoms with Crippen molar-refractivity contribution in [2.45, 2.75) is 13.2 Å². The van der Waals surface area contributed by atoms with Crippen LogP contribution in [0.4, 0.5) is 5.69 Å². The summed E-state index contributed by atoms with van der Waals surface area (Å²) in [6.45, 7) is 1.30. The van der Waals surface area contributed by atoms with Crippen molar-refractivity contribution in [3.63, 3.8) is 0 Å². The van der Waals surface area contributed by atoms with Crippen molar-refractivity contribution in [3.05, 3.63) is 64.6 Å². The smallest absolute Gasteiger partial charge is 0.352 e. The van der Waals surface area contributed by atoms with Crippen molar-refractivity contribution < 1.29 is 0 Å². The number of anilines is 1. The molecule has 0 aliphatic carbocycles. The van der Waals surface area contributed by atoms with E-state index in [-0.39, 0.29) is 18.1 Å². The highest BCUT2D eigenvalue weighted by atomic mass is 35.5. The van der Waals surface area contributed by atoms with E-state index in [9.17, 15) is 4.79 Å². The average molecular weight is 358 g/mol. The number of para-hydroxylation sites is 1. The molecule has 1 N–H and O–H groups in total. The van der Waals surface area contributed by atoms with E-state index in [2.05, 4.69) is 15.3 Å². The van der Waals surface area contributed by atoms with Gasteiger partial charge < -0.3 is 10.2 Å². The van der Waals surface area contributed by atoms with Gasteiger partial charge in [-0.2, -0.15) is 4.68 Å². The zero-order chi connectivity index (χ0) is 16.7. The topological polar surface area (TPSA) is 55.1 Å². The van der Waals surface area contributed by atoms with E-state index in [1.807, 2.05) is 62.6 Å². The highest BCUT2D eigenvalue weighted by Gasteiger charge is 2.21. The van der Waals surface area contributed by atoms with Crippen LogP contribution in [0.3, 0.4) is 0 Å². The van der Waals surface area contributed by atoms with Crippen molar-refractivity contribution in [2.24, 2.45) is 0 Å². The van der Waals surface area contributed by atoms with E-state index in [0.29, 0.717) is 12.5 Å². The first kappa shape index (κ1) is 17.3. The van der Waals surface area contributed by atoms with Gasteiger partial charge in [-0.05, 0) is 43.9 Å². The highest BCUT2D eigenvalue weighted by molar-refractivity contribution is 5.85. The lowest BCUT2D eigenvalue weighted by Crippen LogP contribution is -2.28. The van der Waals surface area contributed by atoms with E-state index >= 15 is 0 Å². The molecule has 0 amide bonds. The van der Waals surface area contributed by atoms with Gasteiger partial charge in [-0.15, -0.1) is 17.5 Å². The molecule has 3 aromatic rings. The maximum atomic E-state index is 12.7. The van der Waals surface area contributed by atoms with Gasteiger partial charge >= 0.3 is 5.69 Å². The van der Waals surface area contributed by atoms with Crippen molar-refractivity contribution in [3.8, 4) is 17.1 Å². The molecule has 0 saturated carbocycles. The molecule has 0 saturated heterocycles. The Kier molecular flexibility index (Phi) is 4.65. The maximum Gasteiger partial charge on any atom is 0.352 e. The van der Waals surface area contributed by atoms with Gasteiger partial charge in [-0.3, -0.25) is 4.57 Å². The SMILES string of the molecule is CN(C)Cc1ccc(-n2nc3n(c2=O)CNc2ccccc2-3)cc1.Cl. The molecule has 2 heterocycles. The molecule has 0 fully saturated rings. The van der Waals surface area contributed by atoms with Crippen LogP contribution in [0, 0.1) is 0 Å². The number of benzene rings is 2. The van der Waals surface area contributed by atoms with E-state index < -0.39 is 0 Å². The Hall–Kier alpha value is -2.57. The van der Waals surface area contributed by atoms with Crippen LogP contribution in [-0.2, 0) is 13.2 Å².